The van der Waals surface area contributed by atoms with Crippen LogP contribution in [0.3, 0.4) is 0 Å². The van der Waals surface area contributed by atoms with E-state index in [0.717, 1.165) is 16.7 Å². The van der Waals surface area contributed by atoms with Crippen molar-refractivity contribution < 1.29 is 38.1 Å². The molecule has 1 saturated heterocycles. The van der Waals surface area contributed by atoms with Gasteiger partial charge in [-0.05, 0) is 36.4 Å². The van der Waals surface area contributed by atoms with E-state index >= 15 is 4.39 Å². The van der Waals surface area contributed by atoms with Crippen molar-refractivity contribution in [2.45, 2.75) is 18.5 Å². The number of carbonyl (C=O) groups excluding carboxylic acids is 1. The highest BCUT2D eigenvalue weighted by Gasteiger charge is 2.35. The molecule has 0 atom stereocenters. The number of nitrogens with one attached hydrogen (secondary N) is 2. The number of rotatable bonds is 9. The van der Waals surface area contributed by atoms with Gasteiger partial charge in [-0.15, -0.1) is 0 Å². The third-order valence-electron chi connectivity index (χ3n) is 6.01. The number of hydrogen-bond donors (Lipinski definition) is 4. The summed E-state index contributed by atoms with van der Waals surface area (Å²) in [5.41, 5.74) is -0.0550. The van der Waals surface area contributed by atoms with E-state index in [1.54, 1.807) is 4.90 Å². The summed E-state index contributed by atoms with van der Waals surface area (Å²) < 4.78 is 34.3. The molecule has 1 aliphatic rings. The molecule has 0 saturated carbocycles. The molecular weight excluding hydrogens is 536 g/mol. The average Bonchev–Trinajstić information content (AvgIpc) is 3.39. The molecule has 39 heavy (non-hydrogen) atoms. The third-order valence-corrected chi connectivity index (χ3v) is 6.30. The maximum Gasteiger partial charge on any atom is 0.328 e. The SMILES string of the molecule is O=C(O)/C=C/C(=O)O.O=C(c1ccc(F)c(Cl)c1)N1CCC(F)(CNCCOc2cccc3[nH]ccc23)CC1. The van der Waals surface area contributed by atoms with E-state index in [-0.39, 0.29) is 30.3 Å². The van der Waals surface area contributed by atoms with Gasteiger partial charge in [-0.1, -0.05) is 17.7 Å². The summed E-state index contributed by atoms with van der Waals surface area (Å²) >= 11 is 5.76. The number of aliphatic carboxylic acids is 2. The summed E-state index contributed by atoms with van der Waals surface area (Å²) in [6, 6.07) is 11.7. The number of carboxylic acid groups (broad SMARTS) is 2. The van der Waals surface area contributed by atoms with Crippen molar-refractivity contribution in [3.63, 3.8) is 0 Å². The number of ether oxygens (including phenoxy) is 1. The van der Waals surface area contributed by atoms with Crippen molar-refractivity contribution in [2.24, 2.45) is 0 Å². The maximum atomic E-state index is 15.1. The van der Waals surface area contributed by atoms with Gasteiger partial charge in [0, 0.05) is 73.8 Å². The highest BCUT2D eigenvalue weighted by atomic mass is 35.5. The van der Waals surface area contributed by atoms with Gasteiger partial charge in [-0.2, -0.15) is 0 Å². The Balaban J connectivity index is 0.000000459. The molecular formula is C27H28ClF2N3O6. The Bertz CT molecular complexity index is 1320. The zero-order valence-corrected chi connectivity index (χ0v) is 21.6. The lowest BCUT2D eigenvalue weighted by Crippen LogP contribution is -2.49. The summed E-state index contributed by atoms with van der Waals surface area (Å²) in [6.07, 6.45) is 3.46. The first-order chi connectivity index (χ1) is 18.6. The smallest absolute Gasteiger partial charge is 0.328 e. The monoisotopic (exact) mass is 563 g/mol. The Morgan fingerprint density at radius 2 is 1.79 bits per heavy atom. The third kappa shape index (κ3) is 8.79. The van der Waals surface area contributed by atoms with Gasteiger partial charge in [-0.25, -0.2) is 18.4 Å². The molecule has 0 bridgehead atoms. The molecule has 0 radical (unpaired) electrons. The molecule has 0 aliphatic carbocycles. The first-order valence-corrected chi connectivity index (χ1v) is 12.4. The molecule has 1 amide bonds. The van der Waals surface area contributed by atoms with Crippen molar-refractivity contribution in [3.05, 3.63) is 77.2 Å². The van der Waals surface area contributed by atoms with Crippen LogP contribution in [0.5, 0.6) is 5.75 Å². The van der Waals surface area contributed by atoms with Crippen LogP contribution in [-0.2, 0) is 9.59 Å². The maximum absolute atomic E-state index is 15.1. The van der Waals surface area contributed by atoms with E-state index < -0.39 is 23.4 Å². The number of likely N-dealkylation sites (tertiary alicyclic amines) is 1. The number of amides is 1. The quantitative estimate of drug-likeness (QED) is 0.226. The van der Waals surface area contributed by atoms with E-state index in [0.29, 0.717) is 44.0 Å². The fourth-order valence-electron chi connectivity index (χ4n) is 3.97. The fourth-order valence-corrected chi connectivity index (χ4v) is 4.15. The number of hydrogen-bond acceptors (Lipinski definition) is 5. The number of halogens is 3. The van der Waals surface area contributed by atoms with Crippen LogP contribution in [0.1, 0.15) is 23.2 Å². The normalized spacial score (nSPS) is 14.6. The predicted octanol–water partition coefficient (Wildman–Crippen LogP) is 4.29. The molecule has 4 N–H and O–H groups in total. The standard InChI is InChI=1S/C23H24ClF2N3O2.C4H4O4/c24-18-14-16(4-5-19(18)25)22(30)29-11-7-23(26,8-12-29)15-27-10-13-31-21-3-1-2-20-17(21)6-9-28-20;5-3(6)1-2-4(7)8/h1-6,9,14,27-28H,7-8,10-13,15H2;1-2H,(H,5,6)(H,7,8)/b;2-1+. The summed E-state index contributed by atoms with van der Waals surface area (Å²) in [4.78, 5) is 36.4. The molecule has 3 aromatic rings. The summed E-state index contributed by atoms with van der Waals surface area (Å²) in [5.74, 6) is -2.55. The number of carboxylic acids is 2. The second-order valence-electron chi connectivity index (χ2n) is 8.80. The zero-order chi connectivity index (χ0) is 28.4. The Labute approximate surface area is 228 Å². The Morgan fingerprint density at radius 3 is 2.44 bits per heavy atom. The van der Waals surface area contributed by atoms with Gasteiger partial charge in [-0.3, -0.25) is 4.79 Å². The first kappa shape index (κ1) is 29.6. The minimum Gasteiger partial charge on any atom is -0.492 e. The fraction of sp³-hybridized carbons (Fsp3) is 0.296. The number of fused-ring (bicyclic) bond motifs is 1. The summed E-state index contributed by atoms with van der Waals surface area (Å²) in [5, 5.41) is 19.7. The van der Waals surface area contributed by atoms with Crippen molar-refractivity contribution in [1.29, 1.82) is 0 Å². The molecule has 1 aliphatic heterocycles. The number of carbonyl (C=O) groups is 3. The van der Waals surface area contributed by atoms with Gasteiger partial charge in [0.1, 0.15) is 23.8 Å². The number of nitrogens with zero attached hydrogens (tertiary/aromatic N) is 1. The molecule has 0 spiro atoms. The van der Waals surface area contributed by atoms with E-state index in [4.69, 9.17) is 26.6 Å². The largest absolute Gasteiger partial charge is 0.492 e. The number of aromatic nitrogens is 1. The van der Waals surface area contributed by atoms with Gasteiger partial charge in [0.15, 0.2) is 0 Å². The highest BCUT2D eigenvalue weighted by Crippen LogP contribution is 2.28. The van der Waals surface area contributed by atoms with E-state index in [1.807, 2.05) is 30.5 Å². The van der Waals surface area contributed by atoms with Gasteiger partial charge in [0.25, 0.3) is 5.91 Å². The summed E-state index contributed by atoms with van der Waals surface area (Å²) in [6.45, 7) is 1.75. The lowest BCUT2D eigenvalue weighted by atomic mass is 9.93. The van der Waals surface area contributed by atoms with Crippen LogP contribution in [-0.4, -0.2) is 76.4 Å². The van der Waals surface area contributed by atoms with Crippen LogP contribution in [0.15, 0.2) is 60.8 Å². The number of alkyl halides is 1. The van der Waals surface area contributed by atoms with Crippen LogP contribution >= 0.6 is 11.6 Å². The van der Waals surface area contributed by atoms with Gasteiger partial charge in [0.2, 0.25) is 0 Å². The minimum absolute atomic E-state index is 0.0955. The Hall–Kier alpha value is -3.96. The molecule has 9 nitrogen and oxygen atoms in total. The van der Waals surface area contributed by atoms with Crippen molar-refractivity contribution in [3.8, 4) is 5.75 Å². The lowest BCUT2D eigenvalue weighted by Gasteiger charge is -2.36. The van der Waals surface area contributed by atoms with Crippen molar-refractivity contribution in [1.82, 2.24) is 15.2 Å². The Kier molecular flexibility index (Phi) is 10.4. The van der Waals surface area contributed by atoms with E-state index in [9.17, 15) is 18.8 Å². The molecule has 1 aromatic heterocycles. The van der Waals surface area contributed by atoms with Crippen LogP contribution in [0.25, 0.3) is 10.9 Å². The second kappa shape index (κ2) is 13.7. The van der Waals surface area contributed by atoms with Crippen molar-refractivity contribution in [2.75, 3.05) is 32.8 Å². The lowest BCUT2D eigenvalue weighted by molar-refractivity contribution is -0.134. The highest BCUT2D eigenvalue weighted by molar-refractivity contribution is 6.31. The number of H-pyrrole nitrogens is 1. The second-order valence-corrected chi connectivity index (χ2v) is 9.21. The topological polar surface area (TPSA) is 132 Å². The van der Waals surface area contributed by atoms with Gasteiger partial charge in [0.05, 0.1) is 5.02 Å². The predicted molar refractivity (Wildman–Crippen MR) is 141 cm³/mol. The molecule has 1 fully saturated rings. The number of piperidine rings is 1. The number of benzene rings is 2. The summed E-state index contributed by atoms with van der Waals surface area (Å²) in [7, 11) is 0. The van der Waals surface area contributed by atoms with E-state index in [2.05, 4.69) is 10.3 Å². The molecule has 2 heterocycles. The van der Waals surface area contributed by atoms with Gasteiger partial charge < -0.3 is 30.2 Å². The molecule has 4 rings (SSSR count). The molecule has 0 unspecified atom stereocenters. The molecule has 208 valence electrons. The van der Waals surface area contributed by atoms with Crippen LogP contribution in [0.4, 0.5) is 8.78 Å². The first-order valence-electron chi connectivity index (χ1n) is 12.0. The minimum atomic E-state index is -1.38. The average molecular weight is 564 g/mol. The Morgan fingerprint density at radius 1 is 1.10 bits per heavy atom. The van der Waals surface area contributed by atoms with Crippen molar-refractivity contribution >= 4 is 40.3 Å². The van der Waals surface area contributed by atoms with Crippen LogP contribution < -0.4 is 10.1 Å². The molecule has 12 heteroatoms. The number of aromatic amines is 1. The molecule has 2 aromatic carbocycles. The zero-order valence-electron chi connectivity index (χ0n) is 20.8. The van der Waals surface area contributed by atoms with Gasteiger partial charge >= 0.3 is 11.9 Å². The van der Waals surface area contributed by atoms with Crippen LogP contribution in [0.2, 0.25) is 5.02 Å². The van der Waals surface area contributed by atoms with Crippen LogP contribution in [0, 0.1) is 5.82 Å². The van der Waals surface area contributed by atoms with E-state index in [1.165, 1.54) is 18.2 Å².